The lowest BCUT2D eigenvalue weighted by Gasteiger charge is -2.08. The molecule has 0 aromatic heterocycles. The molecule has 82 valence electrons. The summed E-state index contributed by atoms with van der Waals surface area (Å²) in [6.45, 7) is -0.145. The van der Waals surface area contributed by atoms with Crippen LogP contribution in [0.5, 0.6) is 5.75 Å². The van der Waals surface area contributed by atoms with Gasteiger partial charge in [-0.05, 0) is 18.2 Å². The minimum atomic E-state index is -1.13. The summed E-state index contributed by atoms with van der Waals surface area (Å²) in [5.74, 6) is -0.746. The van der Waals surface area contributed by atoms with E-state index in [2.05, 4.69) is 0 Å². The van der Waals surface area contributed by atoms with Crippen LogP contribution >= 0.6 is 34.8 Å². The van der Waals surface area contributed by atoms with Crippen molar-refractivity contribution in [3.05, 3.63) is 28.2 Å². The fraction of sp³-hybridized carbons (Fsp3) is 0.222. The lowest BCUT2D eigenvalue weighted by molar-refractivity contribution is -0.137. The van der Waals surface area contributed by atoms with Crippen molar-refractivity contribution in [1.29, 1.82) is 0 Å². The second-order valence-electron chi connectivity index (χ2n) is 2.72. The molecule has 15 heavy (non-hydrogen) atoms. The van der Waals surface area contributed by atoms with Gasteiger partial charge in [0.1, 0.15) is 12.4 Å². The zero-order chi connectivity index (χ0) is 11.4. The Morgan fingerprint density at radius 2 is 1.87 bits per heavy atom. The van der Waals surface area contributed by atoms with Crippen LogP contribution in [0.3, 0.4) is 0 Å². The van der Waals surface area contributed by atoms with Gasteiger partial charge in [-0.3, -0.25) is 4.79 Å². The Bertz CT molecular complexity index is 347. The van der Waals surface area contributed by atoms with Crippen LogP contribution in [0.2, 0.25) is 10.0 Å². The number of ether oxygens (including phenoxy) is 1. The molecule has 6 heteroatoms. The van der Waals surface area contributed by atoms with Gasteiger partial charge in [0.2, 0.25) is 0 Å². The molecule has 0 aliphatic carbocycles. The molecule has 0 saturated carbocycles. The number of benzene rings is 1. The number of rotatable bonds is 4. The molecule has 0 bridgehead atoms. The van der Waals surface area contributed by atoms with E-state index in [1.807, 2.05) is 0 Å². The lowest BCUT2D eigenvalue weighted by atomic mass is 10.3. The van der Waals surface area contributed by atoms with E-state index in [9.17, 15) is 4.79 Å². The molecule has 0 aliphatic heterocycles. The maximum absolute atomic E-state index is 10.4. The Labute approximate surface area is 102 Å². The van der Waals surface area contributed by atoms with Crippen molar-refractivity contribution in [2.24, 2.45) is 0 Å². The Kier molecular flexibility index (Phi) is 4.51. The highest BCUT2D eigenvalue weighted by Gasteiger charge is 2.14. The number of hydrogen-bond acceptors (Lipinski definition) is 2. The smallest absolute Gasteiger partial charge is 0.325 e. The molecule has 1 N–H and O–H groups in total. The van der Waals surface area contributed by atoms with Crippen molar-refractivity contribution in [1.82, 2.24) is 0 Å². The molecule has 0 heterocycles. The summed E-state index contributed by atoms with van der Waals surface area (Å²) in [5.41, 5.74) is 0. The number of carboxylic acids is 1. The summed E-state index contributed by atoms with van der Waals surface area (Å²) in [4.78, 5) is 10.4. The van der Waals surface area contributed by atoms with Crippen LogP contribution in [0, 0.1) is 0 Å². The summed E-state index contributed by atoms with van der Waals surface area (Å²) in [7, 11) is 0. The van der Waals surface area contributed by atoms with Crippen molar-refractivity contribution in [2.75, 3.05) is 6.61 Å². The minimum absolute atomic E-state index is 0.145. The first-order valence-electron chi connectivity index (χ1n) is 3.95. The van der Waals surface area contributed by atoms with Gasteiger partial charge in [-0.15, -0.1) is 11.6 Å². The summed E-state index contributed by atoms with van der Waals surface area (Å²) in [5, 5.41) is 8.24. The molecular formula is C9H7Cl3O3. The summed E-state index contributed by atoms with van der Waals surface area (Å²) < 4.78 is 5.11. The van der Waals surface area contributed by atoms with Crippen LogP contribution in [0.1, 0.15) is 0 Å². The number of aliphatic carboxylic acids is 1. The number of hydrogen-bond donors (Lipinski definition) is 1. The highest BCUT2D eigenvalue weighted by molar-refractivity contribution is 6.34. The fourth-order valence-corrected chi connectivity index (χ4v) is 1.42. The maximum Gasteiger partial charge on any atom is 0.325 e. The molecule has 0 amide bonds. The van der Waals surface area contributed by atoms with Crippen LogP contribution in [0.15, 0.2) is 18.2 Å². The monoisotopic (exact) mass is 268 g/mol. The third kappa shape index (κ3) is 4.16. The molecule has 1 unspecified atom stereocenters. The van der Waals surface area contributed by atoms with Crippen molar-refractivity contribution >= 4 is 40.8 Å². The van der Waals surface area contributed by atoms with E-state index in [0.29, 0.717) is 15.8 Å². The summed E-state index contributed by atoms with van der Waals surface area (Å²) >= 11 is 16.9. The van der Waals surface area contributed by atoms with Crippen LogP contribution in [-0.4, -0.2) is 23.1 Å². The Morgan fingerprint density at radius 3 is 2.33 bits per heavy atom. The molecule has 0 saturated heterocycles. The highest BCUT2D eigenvalue weighted by atomic mass is 35.5. The molecule has 1 aromatic carbocycles. The molecule has 3 nitrogen and oxygen atoms in total. The van der Waals surface area contributed by atoms with Gasteiger partial charge in [0, 0.05) is 10.0 Å². The van der Waals surface area contributed by atoms with Crippen molar-refractivity contribution in [3.8, 4) is 5.75 Å². The van der Waals surface area contributed by atoms with Gasteiger partial charge < -0.3 is 9.84 Å². The largest absolute Gasteiger partial charge is 0.491 e. The maximum atomic E-state index is 10.4. The number of halogens is 3. The van der Waals surface area contributed by atoms with Gasteiger partial charge in [0.15, 0.2) is 5.38 Å². The second-order valence-corrected chi connectivity index (χ2v) is 4.12. The number of carboxylic acid groups (broad SMARTS) is 1. The van der Waals surface area contributed by atoms with Crippen molar-refractivity contribution in [3.63, 3.8) is 0 Å². The SMILES string of the molecule is O=C(O)C(Cl)COc1cc(Cl)cc(Cl)c1. The van der Waals surface area contributed by atoms with Gasteiger partial charge in [0.05, 0.1) is 0 Å². The van der Waals surface area contributed by atoms with E-state index in [0.717, 1.165) is 0 Å². The van der Waals surface area contributed by atoms with Crippen LogP contribution in [0.4, 0.5) is 0 Å². The highest BCUT2D eigenvalue weighted by Crippen LogP contribution is 2.24. The van der Waals surface area contributed by atoms with E-state index in [4.69, 9.17) is 44.6 Å². The Balaban J connectivity index is 2.61. The number of alkyl halides is 1. The van der Waals surface area contributed by atoms with E-state index >= 15 is 0 Å². The molecule has 0 spiro atoms. The number of carbonyl (C=O) groups is 1. The standard InChI is InChI=1S/C9H7Cl3O3/c10-5-1-6(11)3-7(2-5)15-4-8(12)9(13)14/h1-3,8H,4H2,(H,13,14). The first-order chi connectivity index (χ1) is 6.99. The van der Waals surface area contributed by atoms with Gasteiger partial charge in [-0.1, -0.05) is 23.2 Å². The molecule has 1 atom stereocenters. The topological polar surface area (TPSA) is 46.5 Å². The molecule has 1 rings (SSSR count). The normalized spacial score (nSPS) is 12.2. The average Bonchev–Trinajstić information content (AvgIpc) is 2.12. The van der Waals surface area contributed by atoms with E-state index in [-0.39, 0.29) is 6.61 Å². The first-order valence-corrected chi connectivity index (χ1v) is 5.14. The third-order valence-electron chi connectivity index (χ3n) is 1.50. The van der Waals surface area contributed by atoms with E-state index in [1.165, 1.54) is 12.1 Å². The van der Waals surface area contributed by atoms with Gasteiger partial charge in [-0.2, -0.15) is 0 Å². The van der Waals surface area contributed by atoms with E-state index in [1.54, 1.807) is 6.07 Å². The van der Waals surface area contributed by atoms with Crippen LogP contribution in [-0.2, 0) is 4.79 Å². The zero-order valence-electron chi connectivity index (χ0n) is 7.41. The van der Waals surface area contributed by atoms with Gasteiger partial charge in [0.25, 0.3) is 0 Å². The fourth-order valence-electron chi connectivity index (χ4n) is 0.853. The first kappa shape index (κ1) is 12.4. The molecular weight excluding hydrogens is 262 g/mol. The predicted octanol–water partition coefficient (Wildman–Crippen LogP) is 3.06. The average molecular weight is 270 g/mol. The third-order valence-corrected chi connectivity index (χ3v) is 2.25. The second kappa shape index (κ2) is 5.45. The Hall–Kier alpha value is -0.640. The molecule has 0 aliphatic rings. The predicted molar refractivity (Wildman–Crippen MR) is 59.2 cm³/mol. The quantitative estimate of drug-likeness (QED) is 0.855. The van der Waals surface area contributed by atoms with E-state index < -0.39 is 11.3 Å². The van der Waals surface area contributed by atoms with Gasteiger partial charge in [-0.25, -0.2) is 0 Å². The summed E-state index contributed by atoms with van der Waals surface area (Å²) in [6, 6.07) is 4.60. The van der Waals surface area contributed by atoms with Crippen LogP contribution < -0.4 is 4.74 Å². The minimum Gasteiger partial charge on any atom is -0.491 e. The zero-order valence-corrected chi connectivity index (χ0v) is 9.68. The van der Waals surface area contributed by atoms with Gasteiger partial charge >= 0.3 is 5.97 Å². The Morgan fingerprint density at radius 1 is 1.33 bits per heavy atom. The van der Waals surface area contributed by atoms with Crippen molar-refractivity contribution in [2.45, 2.75) is 5.38 Å². The molecule has 0 fully saturated rings. The summed E-state index contributed by atoms with van der Waals surface area (Å²) in [6.07, 6.45) is 0. The van der Waals surface area contributed by atoms with Crippen LogP contribution in [0.25, 0.3) is 0 Å². The lowest BCUT2D eigenvalue weighted by Crippen LogP contribution is -2.21. The van der Waals surface area contributed by atoms with Crippen molar-refractivity contribution < 1.29 is 14.6 Å². The molecule has 1 aromatic rings. The molecule has 0 radical (unpaired) electrons.